The maximum absolute atomic E-state index is 13.0. The van der Waals surface area contributed by atoms with E-state index in [2.05, 4.69) is 16.0 Å². The van der Waals surface area contributed by atoms with Crippen LogP contribution >= 0.6 is 0 Å². The highest BCUT2D eigenvalue weighted by Crippen LogP contribution is 2.18. The van der Waals surface area contributed by atoms with Gasteiger partial charge in [0.25, 0.3) is 0 Å². The van der Waals surface area contributed by atoms with E-state index in [1.807, 2.05) is 31.1 Å². The molecular formula is C23H28FN5O3. The summed E-state index contributed by atoms with van der Waals surface area (Å²) in [6, 6.07) is 12.6. The van der Waals surface area contributed by atoms with Crippen LogP contribution in [0.15, 0.2) is 48.5 Å². The first-order chi connectivity index (χ1) is 15.3. The van der Waals surface area contributed by atoms with Crippen molar-refractivity contribution in [3.8, 4) is 0 Å². The van der Waals surface area contributed by atoms with Gasteiger partial charge >= 0.3 is 17.8 Å². The lowest BCUT2D eigenvalue weighted by molar-refractivity contribution is -0.136. The molecule has 0 unspecified atom stereocenters. The van der Waals surface area contributed by atoms with Crippen LogP contribution in [0, 0.1) is 11.7 Å². The predicted octanol–water partition coefficient (Wildman–Crippen LogP) is 2.89. The van der Waals surface area contributed by atoms with Crippen molar-refractivity contribution in [3.05, 3.63) is 54.3 Å². The van der Waals surface area contributed by atoms with E-state index in [0.29, 0.717) is 43.9 Å². The van der Waals surface area contributed by atoms with Crippen LogP contribution in [0.4, 0.5) is 26.2 Å². The molecule has 1 aliphatic heterocycles. The van der Waals surface area contributed by atoms with Gasteiger partial charge in [0.2, 0.25) is 0 Å². The van der Waals surface area contributed by atoms with E-state index >= 15 is 0 Å². The maximum atomic E-state index is 13.0. The van der Waals surface area contributed by atoms with Crippen molar-refractivity contribution < 1.29 is 18.8 Å². The number of anilines is 3. The van der Waals surface area contributed by atoms with Gasteiger partial charge in [-0.05, 0) is 67.3 Å². The number of carbonyl (C=O) groups is 3. The number of hydrogen-bond donors (Lipinski definition) is 3. The van der Waals surface area contributed by atoms with Crippen molar-refractivity contribution in [3.63, 3.8) is 0 Å². The summed E-state index contributed by atoms with van der Waals surface area (Å²) in [7, 11) is 3.84. The highest BCUT2D eigenvalue weighted by molar-refractivity contribution is 6.39. The predicted molar refractivity (Wildman–Crippen MR) is 122 cm³/mol. The lowest BCUT2D eigenvalue weighted by Crippen LogP contribution is -2.44. The van der Waals surface area contributed by atoms with Crippen molar-refractivity contribution in [2.75, 3.05) is 49.3 Å². The summed E-state index contributed by atoms with van der Waals surface area (Å²) in [5.41, 5.74) is 2.08. The molecule has 1 heterocycles. The highest BCUT2D eigenvalue weighted by atomic mass is 19.1. The molecule has 8 nitrogen and oxygen atoms in total. The maximum Gasteiger partial charge on any atom is 0.321 e. The zero-order valence-electron chi connectivity index (χ0n) is 18.2. The van der Waals surface area contributed by atoms with Crippen LogP contribution in [0.25, 0.3) is 0 Å². The molecular weight excluding hydrogens is 413 g/mol. The normalized spacial score (nSPS) is 13.9. The fourth-order valence-corrected chi connectivity index (χ4v) is 3.42. The van der Waals surface area contributed by atoms with Gasteiger partial charge in [0.15, 0.2) is 0 Å². The molecule has 0 saturated carbocycles. The minimum absolute atomic E-state index is 0.181. The third-order valence-electron chi connectivity index (χ3n) is 5.40. The fourth-order valence-electron chi connectivity index (χ4n) is 3.42. The van der Waals surface area contributed by atoms with E-state index in [-0.39, 0.29) is 17.8 Å². The van der Waals surface area contributed by atoms with Crippen molar-refractivity contribution >= 4 is 34.9 Å². The molecule has 32 heavy (non-hydrogen) atoms. The topological polar surface area (TPSA) is 93.8 Å². The first-order valence-electron chi connectivity index (χ1n) is 10.5. The number of hydrogen-bond acceptors (Lipinski definition) is 4. The number of likely N-dealkylation sites (tertiary alicyclic amines) is 1. The van der Waals surface area contributed by atoms with Gasteiger partial charge in [-0.25, -0.2) is 9.18 Å². The summed E-state index contributed by atoms with van der Waals surface area (Å²) in [4.78, 5) is 40.2. The molecule has 0 spiro atoms. The van der Waals surface area contributed by atoms with Crippen molar-refractivity contribution in [2.45, 2.75) is 12.8 Å². The van der Waals surface area contributed by atoms with Crippen LogP contribution < -0.4 is 20.9 Å². The quantitative estimate of drug-likeness (QED) is 0.622. The molecule has 0 aliphatic carbocycles. The standard InChI is InChI=1S/C23H28FN5O3/c1-28(2)20-9-7-18(8-10-20)26-22(31)21(30)25-15-16-11-13-29(14-12-16)23(32)27-19-5-3-17(24)4-6-19/h3-10,16H,11-15H2,1-2H3,(H,25,30)(H,26,31)(H,27,32). The van der Waals surface area contributed by atoms with Gasteiger partial charge in [-0.15, -0.1) is 0 Å². The van der Waals surface area contributed by atoms with E-state index in [4.69, 9.17) is 0 Å². The number of carbonyl (C=O) groups excluding carboxylic acids is 3. The second-order valence-corrected chi connectivity index (χ2v) is 7.97. The summed E-state index contributed by atoms with van der Waals surface area (Å²) < 4.78 is 13.0. The van der Waals surface area contributed by atoms with Gasteiger partial charge in [0.1, 0.15) is 5.82 Å². The van der Waals surface area contributed by atoms with Gasteiger partial charge in [-0.2, -0.15) is 0 Å². The first-order valence-corrected chi connectivity index (χ1v) is 10.5. The third-order valence-corrected chi connectivity index (χ3v) is 5.40. The van der Waals surface area contributed by atoms with Gasteiger partial charge < -0.3 is 25.8 Å². The molecule has 3 N–H and O–H groups in total. The lowest BCUT2D eigenvalue weighted by Gasteiger charge is -2.32. The molecule has 0 radical (unpaired) electrons. The number of piperidine rings is 1. The Bertz CT molecular complexity index is 939. The SMILES string of the molecule is CN(C)c1ccc(NC(=O)C(=O)NCC2CCN(C(=O)Nc3ccc(F)cc3)CC2)cc1. The highest BCUT2D eigenvalue weighted by Gasteiger charge is 2.24. The van der Waals surface area contributed by atoms with Gasteiger partial charge in [0.05, 0.1) is 0 Å². The fraction of sp³-hybridized carbons (Fsp3) is 0.348. The van der Waals surface area contributed by atoms with E-state index in [1.165, 1.54) is 24.3 Å². The molecule has 9 heteroatoms. The number of rotatable bonds is 5. The van der Waals surface area contributed by atoms with Gasteiger partial charge in [-0.3, -0.25) is 9.59 Å². The molecule has 1 fully saturated rings. The lowest BCUT2D eigenvalue weighted by atomic mass is 9.97. The number of nitrogens with one attached hydrogen (secondary N) is 3. The van der Waals surface area contributed by atoms with Crippen molar-refractivity contribution in [1.29, 1.82) is 0 Å². The molecule has 2 aromatic rings. The van der Waals surface area contributed by atoms with Gasteiger partial charge in [0, 0.05) is 50.8 Å². The molecule has 170 valence electrons. The van der Waals surface area contributed by atoms with Crippen molar-refractivity contribution in [2.24, 2.45) is 5.92 Å². The van der Waals surface area contributed by atoms with Crippen LogP contribution in [-0.4, -0.2) is 56.5 Å². The summed E-state index contributed by atoms with van der Waals surface area (Å²) in [5, 5.41) is 8.01. The Morgan fingerprint density at radius 1 is 0.906 bits per heavy atom. The number of benzene rings is 2. The Morgan fingerprint density at radius 3 is 2.06 bits per heavy atom. The van der Waals surface area contributed by atoms with E-state index < -0.39 is 11.8 Å². The molecule has 3 rings (SSSR count). The molecule has 4 amide bonds. The number of urea groups is 1. The zero-order chi connectivity index (χ0) is 23.1. The molecule has 0 aromatic heterocycles. The third kappa shape index (κ3) is 6.44. The van der Waals surface area contributed by atoms with Gasteiger partial charge in [-0.1, -0.05) is 0 Å². The van der Waals surface area contributed by atoms with Crippen LogP contribution in [0.5, 0.6) is 0 Å². The first kappa shape index (κ1) is 23.1. The monoisotopic (exact) mass is 441 g/mol. The summed E-state index contributed by atoms with van der Waals surface area (Å²) in [6.07, 6.45) is 1.43. The van der Waals surface area contributed by atoms with Crippen LogP contribution in [0.3, 0.4) is 0 Å². The Hall–Kier alpha value is -3.62. The number of nitrogens with zero attached hydrogens (tertiary/aromatic N) is 2. The second kappa shape index (κ2) is 10.6. The molecule has 0 atom stereocenters. The minimum atomic E-state index is -0.710. The largest absolute Gasteiger partial charge is 0.378 e. The van der Waals surface area contributed by atoms with Crippen LogP contribution in [-0.2, 0) is 9.59 Å². The molecule has 1 saturated heterocycles. The molecule has 0 bridgehead atoms. The van der Waals surface area contributed by atoms with Crippen molar-refractivity contribution in [1.82, 2.24) is 10.2 Å². The minimum Gasteiger partial charge on any atom is -0.378 e. The van der Waals surface area contributed by atoms with E-state index in [9.17, 15) is 18.8 Å². The van der Waals surface area contributed by atoms with Crippen LogP contribution in [0.2, 0.25) is 0 Å². The molecule has 1 aliphatic rings. The Labute approximate surface area is 186 Å². The average molecular weight is 442 g/mol. The summed E-state index contributed by atoms with van der Waals surface area (Å²) in [6.45, 7) is 1.45. The Morgan fingerprint density at radius 2 is 1.47 bits per heavy atom. The van der Waals surface area contributed by atoms with E-state index in [1.54, 1.807) is 17.0 Å². The summed E-state index contributed by atoms with van der Waals surface area (Å²) in [5.74, 6) is -1.57. The average Bonchev–Trinajstić information content (AvgIpc) is 2.79. The second-order valence-electron chi connectivity index (χ2n) is 7.97. The number of halogens is 1. The Kier molecular flexibility index (Phi) is 7.64. The van der Waals surface area contributed by atoms with E-state index in [0.717, 1.165) is 5.69 Å². The molecule has 2 aromatic carbocycles. The summed E-state index contributed by atoms with van der Waals surface area (Å²) >= 11 is 0. The number of amides is 4. The zero-order valence-corrected chi connectivity index (χ0v) is 18.2. The Balaban J connectivity index is 1.38. The smallest absolute Gasteiger partial charge is 0.321 e. The van der Waals surface area contributed by atoms with Crippen LogP contribution in [0.1, 0.15) is 12.8 Å².